The van der Waals surface area contributed by atoms with E-state index < -0.39 is 0 Å². The molecule has 1 N–H and O–H groups in total. The molecule has 0 saturated carbocycles. The lowest BCUT2D eigenvalue weighted by atomic mass is 10.4. The average Bonchev–Trinajstić information content (AvgIpc) is 2.02. The Bertz CT molecular complexity index is 326. The molecule has 0 saturated heterocycles. The summed E-state index contributed by atoms with van der Waals surface area (Å²) in [6.07, 6.45) is 1.18. The van der Waals surface area contributed by atoms with Crippen molar-refractivity contribution in [2.75, 3.05) is 5.32 Å². The fraction of sp³-hybridized carbons (Fsp3) is 0.222. The largest absolute Gasteiger partial charge is 0.291 e. The van der Waals surface area contributed by atoms with Gasteiger partial charge in [-0.1, -0.05) is 6.58 Å². The third kappa shape index (κ3) is 2.66. The Morgan fingerprint density at radius 2 is 2.00 bits per heavy atom. The minimum atomic E-state index is -0.301. The third-order valence-corrected chi connectivity index (χ3v) is 1.40. The van der Waals surface area contributed by atoms with Gasteiger partial charge in [0.25, 0.3) is 0 Å². The summed E-state index contributed by atoms with van der Waals surface area (Å²) in [6, 6.07) is 1.84. The highest BCUT2D eigenvalue weighted by molar-refractivity contribution is 5.97. The number of carbonyl (C=O) groups excluding carboxylic acids is 1. The van der Waals surface area contributed by atoms with Gasteiger partial charge in [-0.3, -0.25) is 10.1 Å². The van der Waals surface area contributed by atoms with Crippen LogP contribution in [-0.2, 0) is 4.79 Å². The number of aromatic nitrogens is 2. The molecule has 0 aromatic carbocycles. The molecule has 0 aliphatic rings. The molecule has 0 bridgehead atoms. The van der Waals surface area contributed by atoms with Crippen molar-refractivity contribution in [1.82, 2.24) is 9.97 Å². The number of anilines is 1. The van der Waals surface area contributed by atoms with Gasteiger partial charge in [-0.15, -0.1) is 0 Å². The molecule has 0 spiro atoms. The van der Waals surface area contributed by atoms with Crippen LogP contribution in [0.3, 0.4) is 0 Å². The lowest BCUT2D eigenvalue weighted by Crippen LogP contribution is -2.11. The van der Waals surface area contributed by atoms with E-state index >= 15 is 0 Å². The molecular formula is C9H11N3O. The zero-order chi connectivity index (χ0) is 9.84. The number of rotatable bonds is 2. The maximum absolute atomic E-state index is 10.9. The van der Waals surface area contributed by atoms with Gasteiger partial charge in [0.15, 0.2) is 0 Å². The van der Waals surface area contributed by atoms with Gasteiger partial charge in [0.2, 0.25) is 11.9 Å². The fourth-order valence-electron chi connectivity index (χ4n) is 0.943. The molecule has 0 aliphatic heterocycles. The first-order valence-corrected chi connectivity index (χ1v) is 3.87. The molecule has 68 valence electrons. The van der Waals surface area contributed by atoms with Crippen molar-refractivity contribution in [3.05, 3.63) is 30.1 Å². The quantitative estimate of drug-likeness (QED) is 0.691. The summed E-state index contributed by atoms with van der Waals surface area (Å²) >= 11 is 0. The van der Waals surface area contributed by atoms with Crippen molar-refractivity contribution in [3.63, 3.8) is 0 Å². The summed E-state index contributed by atoms with van der Waals surface area (Å²) in [6.45, 7) is 7.02. The predicted molar refractivity (Wildman–Crippen MR) is 50.3 cm³/mol. The summed E-state index contributed by atoms with van der Waals surface area (Å²) in [4.78, 5) is 19.0. The Morgan fingerprint density at radius 1 is 1.46 bits per heavy atom. The summed E-state index contributed by atoms with van der Waals surface area (Å²) in [5.74, 6) is 0.0207. The first kappa shape index (κ1) is 9.38. The van der Waals surface area contributed by atoms with Crippen LogP contribution in [0.4, 0.5) is 5.95 Å². The molecule has 1 rings (SSSR count). The van der Waals surface area contributed by atoms with Crippen LogP contribution in [0, 0.1) is 13.8 Å². The summed E-state index contributed by atoms with van der Waals surface area (Å²) in [5.41, 5.74) is 1.65. The van der Waals surface area contributed by atoms with Crippen LogP contribution >= 0.6 is 0 Å². The zero-order valence-corrected chi connectivity index (χ0v) is 7.66. The average molecular weight is 177 g/mol. The predicted octanol–water partition coefficient (Wildman–Crippen LogP) is 1.22. The van der Waals surface area contributed by atoms with Crippen molar-refractivity contribution >= 4 is 11.9 Å². The number of hydrogen-bond acceptors (Lipinski definition) is 3. The van der Waals surface area contributed by atoms with Gasteiger partial charge < -0.3 is 0 Å². The normalized spacial score (nSPS) is 9.38. The van der Waals surface area contributed by atoms with Crippen LogP contribution in [0.5, 0.6) is 0 Å². The van der Waals surface area contributed by atoms with E-state index in [4.69, 9.17) is 0 Å². The lowest BCUT2D eigenvalue weighted by Gasteiger charge is -2.02. The van der Waals surface area contributed by atoms with Crippen LogP contribution in [-0.4, -0.2) is 15.9 Å². The standard InChI is InChI=1S/C9H11N3O/c1-4-8(13)12-9-10-6(2)5-7(3)11-9/h4-5H,1H2,2-3H3,(H,10,11,12,13). The van der Waals surface area contributed by atoms with Gasteiger partial charge in [-0.2, -0.15) is 0 Å². The number of amides is 1. The van der Waals surface area contributed by atoms with Crippen LogP contribution in [0.25, 0.3) is 0 Å². The van der Waals surface area contributed by atoms with Crippen LogP contribution < -0.4 is 5.32 Å². The molecule has 1 amide bonds. The number of hydrogen-bond donors (Lipinski definition) is 1. The SMILES string of the molecule is C=CC(=O)Nc1nc(C)cc(C)n1. The van der Waals surface area contributed by atoms with E-state index in [9.17, 15) is 4.79 Å². The smallest absolute Gasteiger partial charge is 0.250 e. The minimum Gasteiger partial charge on any atom is -0.291 e. The monoisotopic (exact) mass is 177 g/mol. The van der Waals surface area contributed by atoms with Crippen molar-refractivity contribution < 1.29 is 4.79 Å². The molecule has 1 aromatic rings. The van der Waals surface area contributed by atoms with Gasteiger partial charge in [0, 0.05) is 11.4 Å². The van der Waals surface area contributed by atoms with E-state index in [-0.39, 0.29) is 5.91 Å². The van der Waals surface area contributed by atoms with Gasteiger partial charge in [-0.05, 0) is 26.0 Å². The van der Waals surface area contributed by atoms with E-state index in [0.717, 1.165) is 11.4 Å². The Morgan fingerprint density at radius 3 is 2.46 bits per heavy atom. The van der Waals surface area contributed by atoms with Gasteiger partial charge in [0.05, 0.1) is 0 Å². The van der Waals surface area contributed by atoms with Crippen molar-refractivity contribution in [3.8, 4) is 0 Å². The van der Waals surface area contributed by atoms with Crippen LogP contribution in [0.15, 0.2) is 18.7 Å². The topological polar surface area (TPSA) is 54.9 Å². The molecule has 0 unspecified atom stereocenters. The van der Waals surface area contributed by atoms with E-state index in [2.05, 4.69) is 21.9 Å². The molecule has 0 atom stereocenters. The number of aryl methyl sites for hydroxylation is 2. The molecular weight excluding hydrogens is 166 g/mol. The van der Waals surface area contributed by atoms with Gasteiger partial charge in [-0.25, -0.2) is 9.97 Å². The highest BCUT2D eigenvalue weighted by Gasteiger charge is 2.01. The van der Waals surface area contributed by atoms with Gasteiger partial charge >= 0.3 is 0 Å². The number of nitrogens with zero attached hydrogens (tertiary/aromatic N) is 2. The molecule has 13 heavy (non-hydrogen) atoms. The minimum absolute atomic E-state index is 0.301. The van der Waals surface area contributed by atoms with Crippen molar-refractivity contribution in [2.45, 2.75) is 13.8 Å². The number of nitrogens with one attached hydrogen (secondary N) is 1. The summed E-state index contributed by atoms with van der Waals surface area (Å²) in [7, 11) is 0. The van der Waals surface area contributed by atoms with Crippen molar-refractivity contribution in [2.24, 2.45) is 0 Å². The lowest BCUT2D eigenvalue weighted by molar-refractivity contribution is -0.111. The first-order chi connectivity index (χ1) is 6.11. The highest BCUT2D eigenvalue weighted by Crippen LogP contribution is 2.03. The second-order valence-corrected chi connectivity index (χ2v) is 2.67. The molecule has 0 fully saturated rings. The fourth-order valence-corrected chi connectivity index (χ4v) is 0.943. The van der Waals surface area contributed by atoms with Crippen LogP contribution in [0.2, 0.25) is 0 Å². The molecule has 4 nitrogen and oxygen atoms in total. The second kappa shape index (κ2) is 3.80. The van der Waals surface area contributed by atoms with E-state index in [1.54, 1.807) is 0 Å². The summed E-state index contributed by atoms with van der Waals surface area (Å²) < 4.78 is 0. The molecule has 1 aromatic heterocycles. The highest BCUT2D eigenvalue weighted by atomic mass is 16.1. The Hall–Kier alpha value is -1.71. The summed E-state index contributed by atoms with van der Waals surface area (Å²) in [5, 5.41) is 2.49. The Kier molecular flexibility index (Phi) is 2.74. The Labute approximate surface area is 76.7 Å². The third-order valence-electron chi connectivity index (χ3n) is 1.40. The first-order valence-electron chi connectivity index (χ1n) is 3.87. The van der Waals surface area contributed by atoms with E-state index in [0.29, 0.717) is 5.95 Å². The maximum Gasteiger partial charge on any atom is 0.250 e. The zero-order valence-electron chi connectivity index (χ0n) is 7.66. The van der Waals surface area contributed by atoms with E-state index in [1.165, 1.54) is 6.08 Å². The molecule has 4 heteroatoms. The Balaban J connectivity index is 2.89. The molecule has 0 radical (unpaired) electrons. The van der Waals surface area contributed by atoms with Gasteiger partial charge in [0.1, 0.15) is 0 Å². The maximum atomic E-state index is 10.9. The molecule has 0 aliphatic carbocycles. The van der Waals surface area contributed by atoms with Crippen LogP contribution in [0.1, 0.15) is 11.4 Å². The van der Waals surface area contributed by atoms with Crippen molar-refractivity contribution in [1.29, 1.82) is 0 Å². The molecule has 1 heterocycles. The number of carbonyl (C=O) groups is 1. The van der Waals surface area contributed by atoms with E-state index in [1.807, 2.05) is 19.9 Å². The second-order valence-electron chi connectivity index (χ2n) is 2.67.